The number of ether oxygens (including phenoxy) is 1. The van der Waals surface area contributed by atoms with Crippen LogP contribution in [0.3, 0.4) is 0 Å². The molecule has 2 heterocycles. The van der Waals surface area contributed by atoms with Crippen LogP contribution in [-0.2, 0) is 11.3 Å². The second-order valence-corrected chi connectivity index (χ2v) is 3.07. The second kappa shape index (κ2) is 2.81. The molecule has 0 radical (unpaired) electrons. The molecular weight excluding hydrogens is 174 g/mol. The van der Waals surface area contributed by atoms with Gasteiger partial charge in [-0.1, -0.05) is 0 Å². The molecule has 1 aromatic rings. The van der Waals surface area contributed by atoms with Crippen LogP contribution in [0.25, 0.3) is 0 Å². The van der Waals surface area contributed by atoms with Gasteiger partial charge in [-0.2, -0.15) is 4.68 Å². The Morgan fingerprint density at radius 1 is 1.92 bits per heavy atom. The van der Waals surface area contributed by atoms with E-state index in [-0.39, 0.29) is 11.9 Å². The molecule has 6 nitrogen and oxygen atoms in total. The highest BCUT2D eigenvalue weighted by atomic mass is 16.6. The summed E-state index contributed by atoms with van der Waals surface area (Å²) in [6.45, 7) is 3.01. The molecule has 1 aliphatic heterocycles. The van der Waals surface area contributed by atoms with Crippen LogP contribution < -0.4 is 0 Å². The van der Waals surface area contributed by atoms with Crippen molar-refractivity contribution >= 4 is 5.82 Å². The Balaban J connectivity index is 2.18. The number of hydrogen-bond acceptors (Lipinski definition) is 4. The Kier molecular flexibility index (Phi) is 1.77. The summed E-state index contributed by atoms with van der Waals surface area (Å²) in [5, 5.41) is 14.3. The predicted molar refractivity (Wildman–Crippen MR) is 43.4 cm³/mol. The SMILES string of the molecule is Cc1cn(CC2CO2)nc1[N+](=O)[O-]. The van der Waals surface area contributed by atoms with Gasteiger partial charge in [0.05, 0.1) is 30.0 Å². The topological polar surface area (TPSA) is 73.5 Å². The Morgan fingerprint density at radius 2 is 2.62 bits per heavy atom. The van der Waals surface area contributed by atoms with E-state index in [1.165, 1.54) is 0 Å². The van der Waals surface area contributed by atoms with Crippen LogP contribution in [0, 0.1) is 17.0 Å². The van der Waals surface area contributed by atoms with E-state index in [0.717, 1.165) is 6.61 Å². The third-order valence-corrected chi connectivity index (χ3v) is 1.88. The first-order valence-electron chi connectivity index (χ1n) is 3.97. The summed E-state index contributed by atoms with van der Waals surface area (Å²) in [4.78, 5) is 9.96. The van der Waals surface area contributed by atoms with Crippen molar-refractivity contribution in [3.63, 3.8) is 0 Å². The molecule has 13 heavy (non-hydrogen) atoms. The van der Waals surface area contributed by atoms with Gasteiger partial charge in [0.25, 0.3) is 0 Å². The highest BCUT2D eigenvalue weighted by Crippen LogP contribution is 2.17. The first kappa shape index (κ1) is 8.18. The van der Waals surface area contributed by atoms with Gasteiger partial charge in [-0.25, -0.2) is 0 Å². The van der Waals surface area contributed by atoms with Gasteiger partial charge in [0.1, 0.15) is 6.10 Å². The molecular formula is C7H9N3O3. The average molecular weight is 183 g/mol. The lowest BCUT2D eigenvalue weighted by atomic mass is 10.4. The van der Waals surface area contributed by atoms with E-state index in [2.05, 4.69) is 5.10 Å². The van der Waals surface area contributed by atoms with Crippen molar-refractivity contribution in [1.29, 1.82) is 0 Å². The lowest BCUT2D eigenvalue weighted by molar-refractivity contribution is -0.390. The lowest BCUT2D eigenvalue weighted by Crippen LogP contribution is -2.04. The quantitative estimate of drug-likeness (QED) is 0.388. The summed E-state index contributed by atoms with van der Waals surface area (Å²) in [6.07, 6.45) is 1.86. The fourth-order valence-electron chi connectivity index (χ4n) is 1.17. The Hall–Kier alpha value is -1.43. The molecule has 2 rings (SSSR count). The van der Waals surface area contributed by atoms with Gasteiger partial charge < -0.3 is 14.9 Å². The maximum absolute atomic E-state index is 10.4. The Bertz CT molecular complexity index is 343. The van der Waals surface area contributed by atoms with E-state index in [4.69, 9.17) is 4.74 Å². The monoisotopic (exact) mass is 183 g/mol. The molecule has 0 aliphatic carbocycles. The van der Waals surface area contributed by atoms with Gasteiger partial charge in [0.15, 0.2) is 0 Å². The number of rotatable bonds is 3. The highest BCUT2D eigenvalue weighted by molar-refractivity contribution is 5.28. The van der Waals surface area contributed by atoms with Crippen LogP contribution in [-0.4, -0.2) is 27.4 Å². The molecule has 0 spiro atoms. The average Bonchev–Trinajstić information content (AvgIpc) is 2.75. The van der Waals surface area contributed by atoms with Crippen molar-refractivity contribution in [2.24, 2.45) is 0 Å². The number of nitro groups is 1. The minimum absolute atomic E-state index is 0.0688. The summed E-state index contributed by atoms with van der Waals surface area (Å²) < 4.78 is 6.55. The summed E-state index contributed by atoms with van der Waals surface area (Å²) in [6, 6.07) is 0. The fraction of sp³-hybridized carbons (Fsp3) is 0.571. The van der Waals surface area contributed by atoms with E-state index in [1.54, 1.807) is 17.8 Å². The molecule has 0 amide bonds. The molecule has 1 aliphatic rings. The molecule has 70 valence electrons. The lowest BCUT2D eigenvalue weighted by Gasteiger charge is -1.88. The number of nitrogens with zero attached hydrogens (tertiary/aromatic N) is 3. The van der Waals surface area contributed by atoms with Crippen molar-refractivity contribution in [3.8, 4) is 0 Å². The molecule has 1 saturated heterocycles. The summed E-state index contributed by atoms with van der Waals surface area (Å²) in [7, 11) is 0. The third kappa shape index (κ3) is 1.67. The normalized spacial score (nSPS) is 20.2. The van der Waals surface area contributed by atoms with Gasteiger partial charge in [-0.15, -0.1) is 0 Å². The van der Waals surface area contributed by atoms with Crippen molar-refractivity contribution in [2.75, 3.05) is 6.61 Å². The summed E-state index contributed by atoms with van der Waals surface area (Å²) >= 11 is 0. The highest BCUT2D eigenvalue weighted by Gasteiger charge is 2.26. The zero-order valence-electron chi connectivity index (χ0n) is 7.14. The third-order valence-electron chi connectivity index (χ3n) is 1.88. The molecule has 1 aromatic heterocycles. The molecule has 0 N–H and O–H groups in total. The van der Waals surface area contributed by atoms with Crippen molar-refractivity contribution in [3.05, 3.63) is 21.9 Å². The molecule has 1 unspecified atom stereocenters. The first-order chi connectivity index (χ1) is 6.16. The van der Waals surface area contributed by atoms with Gasteiger partial charge in [-0.05, 0) is 11.8 Å². The van der Waals surface area contributed by atoms with Crippen LogP contribution in [0.2, 0.25) is 0 Å². The van der Waals surface area contributed by atoms with E-state index in [1.807, 2.05) is 0 Å². The van der Waals surface area contributed by atoms with Crippen molar-refractivity contribution in [2.45, 2.75) is 19.6 Å². The van der Waals surface area contributed by atoms with Gasteiger partial charge in [0, 0.05) is 0 Å². The van der Waals surface area contributed by atoms with E-state index < -0.39 is 4.92 Å². The van der Waals surface area contributed by atoms with Crippen molar-refractivity contribution < 1.29 is 9.66 Å². The number of aryl methyl sites for hydroxylation is 1. The standard InChI is InChI=1S/C7H9N3O3/c1-5-2-9(3-6-4-13-6)8-7(5)10(11)12/h2,6H,3-4H2,1H3. The molecule has 0 bridgehead atoms. The largest absolute Gasteiger partial charge is 0.392 e. The van der Waals surface area contributed by atoms with Crippen molar-refractivity contribution in [1.82, 2.24) is 9.78 Å². The van der Waals surface area contributed by atoms with Crippen LogP contribution >= 0.6 is 0 Å². The minimum atomic E-state index is -0.473. The predicted octanol–water partition coefficient (Wildman–Crippen LogP) is 0.499. The van der Waals surface area contributed by atoms with Gasteiger partial charge in [-0.3, -0.25) is 0 Å². The molecule has 0 aromatic carbocycles. The van der Waals surface area contributed by atoms with Gasteiger partial charge >= 0.3 is 5.82 Å². The number of aromatic nitrogens is 2. The Labute approximate surface area is 74.3 Å². The van der Waals surface area contributed by atoms with E-state index in [0.29, 0.717) is 12.1 Å². The Morgan fingerprint density at radius 3 is 3.08 bits per heavy atom. The summed E-state index contributed by atoms with van der Waals surface area (Å²) in [5.41, 5.74) is 0.589. The van der Waals surface area contributed by atoms with E-state index >= 15 is 0 Å². The van der Waals surface area contributed by atoms with Gasteiger partial charge in [0.2, 0.25) is 0 Å². The van der Waals surface area contributed by atoms with Crippen LogP contribution in [0.15, 0.2) is 6.20 Å². The molecule has 1 atom stereocenters. The van der Waals surface area contributed by atoms with E-state index in [9.17, 15) is 10.1 Å². The smallest absolute Gasteiger partial charge is 0.371 e. The van der Waals surface area contributed by atoms with Crippen LogP contribution in [0.4, 0.5) is 5.82 Å². The maximum atomic E-state index is 10.4. The maximum Gasteiger partial charge on any atom is 0.392 e. The molecule has 1 fully saturated rings. The van der Waals surface area contributed by atoms with Crippen LogP contribution in [0.1, 0.15) is 5.56 Å². The van der Waals surface area contributed by atoms with Crippen LogP contribution in [0.5, 0.6) is 0 Å². The first-order valence-corrected chi connectivity index (χ1v) is 3.97. The fourth-order valence-corrected chi connectivity index (χ4v) is 1.17. The number of epoxide rings is 1. The second-order valence-electron chi connectivity index (χ2n) is 3.07. The summed E-state index contributed by atoms with van der Waals surface area (Å²) in [5.74, 6) is -0.0688. The molecule has 0 saturated carbocycles. The zero-order valence-corrected chi connectivity index (χ0v) is 7.14. The number of hydrogen-bond donors (Lipinski definition) is 0. The zero-order chi connectivity index (χ0) is 9.42. The minimum Gasteiger partial charge on any atom is -0.371 e. The molecule has 6 heteroatoms.